The minimum atomic E-state index is -4.47. The average Bonchev–Trinajstić information content (AvgIpc) is 2.61. The number of benzene rings is 3. The summed E-state index contributed by atoms with van der Waals surface area (Å²) in [5.41, 5.74) is 3.14. The third-order valence-corrected chi connectivity index (χ3v) is 5.54. The molecular formula is C18H12Na2O6S2. The molecule has 0 heterocycles. The van der Waals surface area contributed by atoms with Crippen LogP contribution in [0.3, 0.4) is 0 Å². The molecule has 3 rings (SSSR count). The van der Waals surface area contributed by atoms with Crippen molar-refractivity contribution >= 4 is 20.2 Å². The van der Waals surface area contributed by atoms with Gasteiger partial charge in [-0.05, 0) is 46.5 Å². The molecule has 0 saturated heterocycles. The van der Waals surface area contributed by atoms with Gasteiger partial charge in [-0.15, -0.1) is 0 Å². The normalized spacial score (nSPS) is 11.2. The molecule has 0 aliphatic rings. The maximum atomic E-state index is 11.0. The minimum absolute atomic E-state index is 0. The first kappa shape index (κ1) is 25.5. The van der Waals surface area contributed by atoms with E-state index in [9.17, 15) is 25.9 Å². The Hall–Kier alpha value is -0.520. The Morgan fingerprint density at radius 1 is 0.429 bits per heavy atom. The first-order chi connectivity index (χ1) is 12.1. The molecule has 0 aliphatic carbocycles. The van der Waals surface area contributed by atoms with E-state index in [1.807, 2.05) is 24.3 Å². The van der Waals surface area contributed by atoms with Gasteiger partial charge in [0.25, 0.3) is 0 Å². The molecule has 6 nitrogen and oxygen atoms in total. The van der Waals surface area contributed by atoms with Gasteiger partial charge in [-0.2, -0.15) is 0 Å². The molecule has 0 aromatic heterocycles. The molecule has 0 saturated carbocycles. The zero-order valence-corrected chi connectivity index (χ0v) is 20.8. The van der Waals surface area contributed by atoms with E-state index in [1.165, 1.54) is 24.3 Å². The molecule has 0 aliphatic heterocycles. The van der Waals surface area contributed by atoms with Crippen molar-refractivity contribution in [3.63, 3.8) is 0 Å². The molecule has 0 N–H and O–H groups in total. The minimum Gasteiger partial charge on any atom is -0.744 e. The Morgan fingerprint density at radius 2 is 0.607 bits per heavy atom. The van der Waals surface area contributed by atoms with Crippen LogP contribution in [-0.4, -0.2) is 25.9 Å². The fourth-order valence-electron chi connectivity index (χ4n) is 2.48. The van der Waals surface area contributed by atoms with Gasteiger partial charge in [0.15, 0.2) is 0 Å². The first-order valence-corrected chi connectivity index (χ1v) is 10.2. The predicted molar refractivity (Wildman–Crippen MR) is 93.2 cm³/mol. The summed E-state index contributed by atoms with van der Waals surface area (Å²) in [6.45, 7) is 0. The van der Waals surface area contributed by atoms with Crippen LogP contribution in [0.1, 0.15) is 0 Å². The average molecular weight is 434 g/mol. The Bertz CT molecular complexity index is 1050. The van der Waals surface area contributed by atoms with Crippen LogP contribution in [0.15, 0.2) is 82.6 Å². The summed E-state index contributed by atoms with van der Waals surface area (Å²) < 4.78 is 65.7. The fourth-order valence-corrected chi connectivity index (χ4v) is 3.42. The molecule has 0 fully saturated rings. The van der Waals surface area contributed by atoms with Crippen LogP contribution in [0.5, 0.6) is 0 Å². The van der Waals surface area contributed by atoms with E-state index >= 15 is 0 Å². The van der Waals surface area contributed by atoms with Crippen molar-refractivity contribution in [2.24, 2.45) is 0 Å². The van der Waals surface area contributed by atoms with Gasteiger partial charge in [-0.1, -0.05) is 48.5 Å². The summed E-state index contributed by atoms with van der Waals surface area (Å²) in [7, 11) is -8.95. The van der Waals surface area contributed by atoms with Gasteiger partial charge in [0.05, 0.1) is 9.79 Å². The molecule has 3 aromatic rings. The molecule has 0 amide bonds. The summed E-state index contributed by atoms with van der Waals surface area (Å²) in [4.78, 5) is -0.572. The quantitative estimate of drug-likeness (QED) is 0.316. The van der Waals surface area contributed by atoms with E-state index in [1.54, 1.807) is 24.3 Å². The van der Waals surface area contributed by atoms with Gasteiger partial charge in [0, 0.05) is 0 Å². The van der Waals surface area contributed by atoms with E-state index in [2.05, 4.69) is 0 Å². The first-order valence-electron chi connectivity index (χ1n) is 7.37. The zero-order chi connectivity index (χ0) is 18.9. The predicted octanol–water partition coefficient (Wildman–Crippen LogP) is -3.16. The molecule has 28 heavy (non-hydrogen) atoms. The largest absolute Gasteiger partial charge is 1.00 e. The van der Waals surface area contributed by atoms with Crippen LogP contribution in [0, 0.1) is 0 Å². The van der Waals surface area contributed by atoms with Crippen molar-refractivity contribution in [1.29, 1.82) is 0 Å². The summed E-state index contributed by atoms with van der Waals surface area (Å²) >= 11 is 0. The Labute approximate surface area is 208 Å². The van der Waals surface area contributed by atoms with Gasteiger partial charge in [-0.3, -0.25) is 0 Å². The van der Waals surface area contributed by atoms with Crippen molar-refractivity contribution in [2.45, 2.75) is 9.79 Å². The molecule has 0 atom stereocenters. The number of hydrogen-bond donors (Lipinski definition) is 0. The van der Waals surface area contributed by atoms with Gasteiger partial charge in [-0.25, -0.2) is 16.8 Å². The van der Waals surface area contributed by atoms with Crippen molar-refractivity contribution in [2.75, 3.05) is 0 Å². The molecule has 0 radical (unpaired) electrons. The van der Waals surface area contributed by atoms with Crippen LogP contribution in [0.4, 0.5) is 0 Å². The summed E-state index contributed by atoms with van der Waals surface area (Å²) in [6.07, 6.45) is 0. The van der Waals surface area contributed by atoms with Crippen LogP contribution in [-0.2, 0) is 20.2 Å². The van der Waals surface area contributed by atoms with Crippen molar-refractivity contribution < 1.29 is 85.1 Å². The second-order valence-electron chi connectivity index (χ2n) is 5.53. The number of hydrogen-bond acceptors (Lipinski definition) is 6. The van der Waals surface area contributed by atoms with E-state index < -0.39 is 20.2 Å². The van der Waals surface area contributed by atoms with E-state index in [0.29, 0.717) is 0 Å². The number of rotatable bonds is 4. The Morgan fingerprint density at radius 3 is 0.786 bits per heavy atom. The zero-order valence-electron chi connectivity index (χ0n) is 15.2. The smallest absolute Gasteiger partial charge is 0.744 e. The van der Waals surface area contributed by atoms with Gasteiger partial charge in [0.1, 0.15) is 20.2 Å². The Kier molecular flexibility index (Phi) is 9.11. The Balaban J connectivity index is 0.00000196. The summed E-state index contributed by atoms with van der Waals surface area (Å²) in [5.74, 6) is 0. The van der Waals surface area contributed by atoms with Gasteiger partial charge >= 0.3 is 59.1 Å². The maximum Gasteiger partial charge on any atom is 1.00 e. The van der Waals surface area contributed by atoms with Crippen LogP contribution in [0.2, 0.25) is 0 Å². The molecule has 3 aromatic carbocycles. The van der Waals surface area contributed by atoms with E-state index in [0.717, 1.165) is 22.3 Å². The maximum absolute atomic E-state index is 11.0. The van der Waals surface area contributed by atoms with Gasteiger partial charge in [0.2, 0.25) is 0 Å². The van der Waals surface area contributed by atoms with E-state index in [-0.39, 0.29) is 68.9 Å². The summed E-state index contributed by atoms with van der Waals surface area (Å²) in [5, 5.41) is 0. The standard InChI is InChI=1S/C18H14O6S2.2Na/c19-25(20,21)17-9-5-15(6-10-17)13-1-2-14(4-3-13)16-7-11-18(12-8-16)26(22,23)24;;/h1-12H,(H,19,20,21)(H,22,23,24);;/q;2*+1/p-2. The fraction of sp³-hybridized carbons (Fsp3) is 0. The van der Waals surface area contributed by atoms with Crippen molar-refractivity contribution in [3.05, 3.63) is 72.8 Å². The third-order valence-electron chi connectivity index (χ3n) is 3.84. The third kappa shape index (κ3) is 6.24. The monoisotopic (exact) mass is 434 g/mol. The van der Waals surface area contributed by atoms with Crippen LogP contribution >= 0.6 is 0 Å². The second-order valence-corrected chi connectivity index (χ2v) is 8.29. The molecule has 0 unspecified atom stereocenters. The topological polar surface area (TPSA) is 114 Å². The summed E-state index contributed by atoms with van der Waals surface area (Å²) in [6, 6.07) is 18.5. The van der Waals surface area contributed by atoms with Crippen LogP contribution < -0.4 is 59.1 Å². The molecule has 0 bridgehead atoms. The van der Waals surface area contributed by atoms with Crippen molar-refractivity contribution in [3.8, 4) is 22.3 Å². The molecule has 10 heteroatoms. The second kappa shape index (κ2) is 9.99. The van der Waals surface area contributed by atoms with Gasteiger partial charge < -0.3 is 9.11 Å². The van der Waals surface area contributed by atoms with Crippen LogP contribution in [0.25, 0.3) is 22.3 Å². The molecule has 0 spiro atoms. The molecular weight excluding hydrogens is 422 g/mol. The van der Waals surface area contributed by atoms with Crippen molar-refractivity contribution in [1.82, 2.24) is 0 Å². The molecule has 134 valence electrons. The SMILES string of the molecule is O=S(=O)([O-])c1ccc(-c2ccc(-c3ccc(S(=O)(=O)[O-])cc3)cc2)cc1.[Na+].[Na+]. The van der Waals surface area contributed by atoms with E-state index in [4.69, 9.17) is 0 Å².